The molecule has 4 nitrogen and oxygen atoms in total. The summed E-state index contributed by atoms with van der Waals surface area (Å²) in [7, 11) is 0. The molecule has 0 saturated carbocycles. The second-order valence-corrected chi connectivity index (χ2v) is 3.38. The number of nitrogens with one attached hydrogen (secondary N) is 1. The monoisotopic (exact) mass is 241 g/mol. The second kappa shape index (κ2) is 3.33. The number of aromatic nitrogens is 3. The molecule has 0 aromatic carbocycles. The van der Waals surface area contributed by atoms with Crippen LogP contribution in [0, 0.1) is 0 Å². The molecule has 68 valence electrons. The summed E-state index contributed by atoms with van der Waals surface area (Å²) in [5, 5.41) is 6.90. The highest BCUT2D eigenvalue weighted by Crippen LogP contribution is 2.21. The van der Waals surface area contributed by atoms with E-state index < -0.39 is 0 Å². The molecule has 2 heterocycles. The largest absolute Gasteiger partial charge is 0.457 e. The fourth-order valence-corrected chi connectivity index (χ4v) is 1.35. The van der Waals surface area contributed by atoms with Gasteiger partial charge in [-0.25, -0.2) is 4.98 Å². The summed E-state index contributed by atoms with van der Waals surface area (Å²) >= 11 is 3.22. The molecule has 5 heteroatoms. The van der Waals surface area contributed by atoms with Gasteiger partial charge in [-0.05, 0) is 15.9 Å². The third kappa shape index (κ3) is 1.65. The van der Waals surface area contributed by atoms with Gasteiger partial charge in [0.15, 0.2) is 10.5 Å². The predicted molar refractivity (Wildman–Crippen MR) is 51.2 cm³/mol. The minimum Gasteiger partial charge on any atom is -0.457 e. The van der Waals surface area contributed by atoms with Crippen LogP contribution >= 0.6 is 15.9 Å². The number of halogens is 1. The van der Waals surface area contributed by atoms with Crippen LogP contribution in [0.2, 0.25) is 0 Å². The molecule has 0 aliphatic carbocycles. The number of aryl methyl sites for hydroxylation is 1. The van der Waals surface area contributed by atoms with Crippen molar-refractivity contribution < 1.29 is 4.42 Å². The van der Waals surface area contributed by atoms with E-state index in [0.717, 1.165) is 17.8 Å². The maximum atomic E-state index is 5.08. The Labute approximate surface area is 83.5 Å². The highest BCUT2D eigenvalue weighted by Gasteiger charge is 2.07. The lowest BCUT2D eigenvalue weighted by Gasteiger charge is -1.83. The van der Waals surface area contributed by atoms with Gasteiger partial charge in [0.1, 0.15) is 12.1 Å². The Bertz CT molecular complexity index is 407. The summed E-state index contributed by atoms with van der Waals surface area (Å²) in [5.41, 5.74) is 0.878. The van der Waals surface area contributed by atoms with E-state index in [1.165, 1.54) is 0 Å². The molecule has 0 atom stereocenters. The van der Waals surface area contributed by atoms with Crippen molar-refractivity contribution in [2.75, 3.05) is 0 Å². The lowest BCUT2D eigenvalue weighted by molar-refractivity contribution is 0.541. The average molecular weight is 242 g/mol. The Balaban J connectivity index is 2.35. The third-order valence-electron chi connectivity index (χ3n) is 1.69. The normalized spacial score (nSPS) is 10.6. The molecular formula is C8H8BrN3O. The van der Waals surface area contributed by atoms with Gasteiger partial charge in [0.05, 0.1) is 5.56 Å². The fraction of sp³-hybridized carbons (Fsp3) is 0.250. The Morgan fingerprint density at radius 1 is 1.62 bits per heavy atom. The molecule has 0 radical (unpaired) electrons. The fourth-order valence-electron chi connectivity index (χ4n) is 1.01. The number of aromatic amines is 1. The highest BCUT2D eigenvalue weighted by atomic mass is 79.9. The first-order valence-electron chi connectivity index (χ1n) is 3.95. The minimum absolute atomic E-state index is 0.673. The van der Waals surface area contributed by atoms with E-state index in [9.17, 15) is 0 Å². The molecular weight excluding hydrogens is 234 g/mol. The van der Waals surface area contributed by atoms with E-state index in [4.69, 9.17) is 4.42 Å². The summed E-state index contributed by atoms with van der Waals surface area (Å²) in [6, 6.07) is 1.84. The van der Waals surface area contributed by atoms with Gasteiger partial charge >= 0.3 is 0 Å². The van der Waals surface area contributed by atoms with Crippen molar-refractivity contribution in [1.29, 1.82) is 0 Å². The molecule has 2 aromatic rings. The van der Waals surface area contributed by atoms with Crippen LogP contribution in [0.1, 0.15) is 12.7 Å². The zero-order valence-electron chi connectivity index (χ0n) is 7.04. The Morgan fingerprint density at radius 2 is 2.46 bits per heavy atom. The quantitative estimate of drug-likeness (QED) is 0.879. The number of nitrogens with zero attached hydrogens (tertiary/aromatic N) is 2. The second-order valence-electron chi connectivity index (χ2n) is 2.60. The smallest absolute Gasteiger partial charge is 0.184 e. The molecule has 2 rings (SSSR count). The van der Waals surface area contributed by atoms with Crippen LogP contribution in [0.15, 0.2) is 21.4 Å². The first-order valence-corrected chi connectivity index (χ1v) is 4.74. The maximum absolute atomic E-state index is 5.08. The van der Waals surface area contributed by atoms with Crippen LogP contribution in [-0.2, 0) is 6.42 Å². The van der Waals surface area contributed by atoms with Crippen LogP contribution in [0.4, 0.5) is 0 Å². The van der Waals surface area contributed by atoms with Gasteiger partial charge in [-0.3, -0.25) is 5.10 Å². The molecule has 0 aliphatic heterocycles. The van der Waals surface area contributed by atoms with Crippen molar-refractivity contribution in [2.24, 2.45) is 0 Å². The summed E-state index contributed by atoms with van der Waals surface area (Å²) < 4.78 is 5.77. The lowest BCUT2D eigenvalue weighted by Crippen LogP contribution is -1.81. The van der Waals surface area contributed by atoms with Crippen molar-refractivity contribution in [1.82, 2.24) is 15.2 Å². The van der Waals surface area contributed by atoms with Gasteiger partial charge < -0.3 is 4.42 Å². The summed E-state index contributed by atoms with van der Waals surface area (Å²) in [5.74, 6) is 1.55. The summed E-state index contributed by atoms with van der Waals surface area (Å²) in [4.78, 5) is 4.26. The van der Waals surface area contributed by atoms with Crippen molar-refractivity contribution >= 4 is 15.9 Å². The van der Waals surface area contributed by atoms with Gasteiger partial charge in [0, 0.05) is 12.5 Å². The zero-order valence-corrected chi connectivity index (χ0v) is 8.63. The number of hydrogen-bond donors (Lipinski definition) is 1. The topological polar surface area (TPSA) is 54.7 Å². The summed E-state index contributed by atoms with van der Waals surface area (Å²) in [6.45, 7) is 2.02. The number of H-pyrrole nitrogens is 1. The number of hydrogen-bond acceptors (Lipinski definition) is 3. The number of furan rings is 1. The van der Waals surface area contributed by atoms with Crippen molar-refractivity contribution in [3.05, 3.63) is 22.8 Å². The third-order valence-corrected chi connectivity index (χ3v) is 2.11. The zero-order chi connectivity index (χ0) is 9.26. The Hall–Kier alpha value is -1.10. The lowest BCUT2D eigenvalue weighted by atomic mass is 10.3. The average Bonchev–Trinajstić information content (AvgIpc) is 2.71. The van der Waals surface area contributed by atoms with Crippen LogP contribution < -0.4 is 0 Å². The van der Waals surface area contributed by atoms with Crippen LogP contribution in [0.3, 0.4) is 0 Å². The van der Waals surface area contributed by atoms with Gasteiger partial charge in [-0.15, -0.1) is 0 Å². The highest BCUT2D eigenvalue weighted by molar-refractivity contribution is 9.10. The molecule has 2 aromatic heterocycles. The van der Waals surface area contributed by atoms with Crippen LogP contribution in [0.25, 0.3) is 11.4 Å². The van der Waals surface area contributed by atoms with Crippen molar-refractivity contribution in [3.63, 3.8) is 0 Å². The molecule has 0 unspecified atom stereocenters. The Morgan fingerprint density at radius 3 is 3.00 bits per heavy atom. The molecule has 0 fully saturated rings. The molecule has 1 N–H and O–H groups in total. The van der Waals surface area contributed by atoms with E-state index in [1.807, 2.05) is 13.0 Å². The van der Waals surface area contributed by atoms with Crippen molar-refractivity contribution in [3.8, 4) is 11.4 Å². The molecule has 13 heavy (non-hydrogen) atoms. The predicted octanol–water partition coefficient (Wildman–Crippen LogP) is 2.39. The van der Waals surface area contributed by atoms with Crippen LogP contribution in [-0.4, -0.2) is 15.2 Å². The van der Waals surface area contributed by atoms with E-state index in [-0.39, 0.29) is 0 Å². The van der Waals surface area contributed by atoms with Gasteiger partial charge in [0.25, 0.3) is 0 Å². The first kappa shape index (κ1) is 8.50. The van der Waals surface area contributed by atoms with E-state index in [2.05, 4.69) is 31.1 Å². The van der Waals surface area contributed by atoms with Crippen molar-refractivity contribution in [2.45, 2.75) is 13.3 Å². The van der Waals surface area contributed by atoms with E-state index >= 15 is 0 Å². The molecule has 0 aliphatic rings. The molecule has 0 saturated heterocycles. The number of rotatable bonds is 2. The van der Waals surface area contributed by atoms with Gasteiger partial charge in [0.2, 0.25) is 0 Å². The first-order chi connectivity index (χ1) is 6.29. The maximum Gasteiger partial charge on any atom is 0.184 e. The minimum atomic E-state index is 0.673. The molecule has 0 amide bonds. The van der Waals surface area contributed by atoms with Crippen LogP contribution in [0.5, 0.6) is 0 Å². The van der Waals surface area contributed by atoms with E-state index in [0.29, 0.717) is 10.5 Å². The summed E-state index contributed by atoms with van der Waals surface area (Å²) in [6.07, 6.45) is 2.47. The Kier molecular flexibility index (Phi) is 2.18. The van der Waals surface area contributed by atoms with Gasteiger partial charge in [-0.2, -0.15) is 5.10 Å². The molecule has 0 bridgehead atoms. The molecule has 0 spiro atoms. The standard InChI is InChI=1S/C8H8BrN3O/c1-2-7-10-8(12-11-7)5-3-6(9)13-4-5/h3-4H,2H2,1H3,(H,10,11,12). The van der Waals surface area contributed by atoms with Gasteiger partial charge in [-0.1, -0.05) is 6.92 Å². The SMILES string of the molecule is CCc1nc(-c2coc(Br)c2)n[nH]1. The van der Waals surface area contributed by atoms with E-state index in [1.54, 1.807) is 6.26 Å².